The summed E-state index contributed by atoms with van der Waals surface area (Å²) in [5, 5.41) is 11.5. The van der Waals surface area contributed by atoms with Crippen LogP contribution in [0.5, 0.6) is 0 Å². The second kappa shape index (κ2) is 4.71. The molecule has 0 bridgehead atoms. The lowest BCUT2D eigenvalue weighted by molar-refractivity contribution is -0.125. The summed E-state index contributed by atoms with van der Waals surface area (Å²) in [7, 11) is 0. The van der Waals surface area contributed by atoms with Gasteiger partial charge in [0.05, 0.1) is 6.04 Å². The molecule has 1 amide bonds. The van der Waals surface area contributed by atoms with Crippen LogP contribution >= 0.6 is 0 Å². The Kier molecular flexibility index (Phi) is 3.06. The van der Waals surface area contributed by atoms with E-state index < -0.39 is 0 Å². The van der Waals surface area contributed by atoms with Crippen molar-refractivity contribution in [2.24, 2.45) is 5.92 Å². The Balaban J connectivity index is 1.67. The van der Waals surface area contributed by atoms with E-state index in [4.69, 9.17) is 0 Å². The van der Waals surface area contributed by atoms with Crippen molar-refractivity contribution in [1.29, 1.82) is 0 Å². The summed E-state index contributed by atoms with van der Waals surface area (Å²) >= 11 is 0. The van der Waals surface area contributed by atoms with Gasteiger partial charge in [-0.05, 0) is 26.2 Å². The molecule has 0 unspecified atom stereocenters. The maximum absolute atomic E-state index is 12.1. The topological polar surface area (TPSA) is 59.8 Å². The molecule has 5 nitrogen and oxygen atoms in total. The Hall–Kier alpha value is -1.39. The van der Waals surface area contributed by atoms with Crippen LogP contribution in [0, 0.1) is 5.92 Å². The summed E-state index contributed by atoms with van der Waals surface area (Å²) in [6, 6.07) is -0.0301. The first-order valence-corrected chi connectivity index (χ1v) is 6.98. The zero-order valence-corrected chi connectivity index (χ0v) is 10.9. The van der Waals surface area contributed by atoms with Gasteiger partial charge in [0.25, 0.3) is 0 Å². The molecule has 18 heavy (non-hydrogen) atoms. The highest BCUT2D eigenvalue weighted by atomic mass is 16.1. The molecule has 1 fully saturated rings. The third kappa shape index (κ3) is 2.02. The van der Waals surface area contributed by atoms with Gasteiger partial charge in [-0.1, -0.05) is 12.8 Å². The summed E-state index contributed by atoms with van der Waals surface area (Å²) in [6.07, 6.45) is 6.60. The van der Waals surface area contributed by atoms with Crippen LogP contribution in [0.4, 0.5) is 0 Å². The number of aryl methyl sites for hydroxylation is 1. The standard InChI is InChI=1S/C13H20N4O/c1-9(14-13(18)10-5-2-3-6-10)12-16-15-11-7-4-8-17(11)12/h9-10H,2-8H2,1H3,(H,14,18)/t9-/m0/s1. The predicted molar refractivity (Wildman–Crippen MR) is 66.9 cm³/mol. The Bertz CT molecular complexity index is 448. The molecule has 5 heteroatoms. The van der Waals surface area contributed by atoms with Crippen molar-refractivity contribution < 1.29 is 4.79 Å². The fourth-order valence-corrected chi connectivity index (χ4v) is 3.08. The van der Waals surface area contributed by atoms with E-state index in [0.717, 1.165) is 43.9 Å². The van der Waals surface area contributed by atoms with E-state index in [1.165, 1.54) is 12.8 Å². The molecular weight excluding hydrogens is 228 g/mol. The molecule has 1 aliphatic carbocycles. The minimum absolute atomic E-state index is 0.0301. The smallest absolute Gasteiger partial charge is 0.223 e. The van der Waals surface area contributed by atoms with Crippen molar-refractivity contribution in [2.75, 3.05) is 0 Å². The zero-order valence-electron chi connectivity index (χ0n) is 10.9. The number of carbonyl (C=O) groups is 1. The van der Waals surface area contributed by atoms with Gasteiger partial charge in [-0.15, -0.1) is 10.2 Å². The first-order valence-electron chi connectivity index (χ1n) is 6.98. The van der Waals surface area contributed by atoms with Crippen LogP contribution < -0.4 is 5.32 Å². The number of rotatable bonds is 3. The molecule has 1 aliphatic heterocycles. The molecule has 0 saturated heterocycles. The van der Waals surface area contributed by atoms with E-state index in [1.807, 2.05) is 6.92 Å². The van der Waals surface area contributed by atoms with Crippen LogP contribution in [0.1, 0.15) is 56.7 Å². The number of aromatic nitrogens is 3. The molecule has 2 aliphatic rings. The SMILES string of the molecule is C[C@H](NC(=O)C1CCCC1)c1nnc2n1CCC2. The molecule has 3 rings (SSSR count). The Morgan fingerprint density at radius 1 is 1.33 bits per heavy atom. The number of nitrogens with zero attached hydrogens (tertiary/aromatic N) is 3. The molecule has 1 aromatic rings. The summed E-state index contributed by atoms with van der Waals surface area (Å²) in [5.41, 5.74) is 0. The minimum atomic E-state index is -0.0301. The second-order valence-electron chi connectivity index (χ2n) is 5.44. The molecule has 98 valence electrons. The average molecular weight is 248 g/mol. The van der Waals surface area contributed by atoms with Crippen LogP contribution in [0.2, 0.25) is 0 Å². The number of hydrogen-bond donors (Lipinski definition) is 1. The number of amides is 1. The predicted octanol–water partition coefficient (Wildman–Crippen LogP) is 1.59. The number of carbonyl (C=O) groups excluding carboxylic acids is 1. The fraction of sp³-hybridized carbons (Fsp3) is 0.769. The average Bonchev–Trinajstić information content (AvgIpc) is 3.06. The summed E-state index contributed by atoms with van der Waals surface area (Å²) in [5.74, 6) is 2.38. The van der Waals surface area contributed by atoms with Gasteiger partial charge in [0, 0.05) is 18.9 Å². The van der Waals surface area contributed by atoms with Gasteiger partial charge in [0.1, 0.15) is 5.82 Å². The number of hydrogen-bond acceptors (Lipinski definition) is 3. The molecular formula is C13H20N4O. The van der Waals surface area contributed by atoms with E-state index in [9.17, 15) is 4.79 Å². The van der Waals surface area contributed by atoms with Gasteiger partial charge >= 0.3 is 0 Å². The molecule has 1 atom stereocenters. The third-order valence-corrected chi connectivity index (χ3v) is 4.11. The lowest BCUT2D eigenvalue weighted by Gasteiger charge is -2.16. The zero-order chi connectivity index (χ0) is 12.5. The normalized spacial score (nSPS) is 20.9. The Labute approximate surface area is 107 Å². The fourth-order valence-electron chi connectivity index (χ4n) is 3.08. The summed E-state index contributed by atoms with van der Waals surface area (Å²) in [4.78, 5) is 12.1. The highest BCUT2D eigenvalue weighted by molar-refractivity contribution is 5.79. The number of fused-ring (bicyclic) bond motifs is 1. The first kappa shape index (κ1) is 11.7. The first-order chi connectivity index (χ1) is 8.75. The molecule has 0 aromatic carbocycles. The highest BCUT2D eigenvalue weighted by Gasteiger charge is 2.26. The quantitative estimate of drug-likeness (QED) is 0.883. The van der Waals surface area contributed by atoms with Crippen molar-refractivity contribution in [2.45, 2.75) is 58.0 Å². The maximum Gasteiger partial charge on any atom is 0.223 e. The van der Waals surface area contributed by atoms with Gasteiger partial charge in [-0.3, -0.25) is 4.79 Å². The van der Waals surface area contributed by atoms with Gasteiger partial charge < -0.3 is 9.88 Å². The lowest BCUT2D eigenvalue weighted by Crippen LogP contribution is -2.33. The van der Waals surface area contributed by atoms with Crippen molar-refractivity contribution >= 4 is 5.91 Å². The highest BCUT2D eigenvalue weighted by Crippen LogP contribution is 2.26. The number of nitrogens with one attached hydrogen (secondary N) is 1. The molecule has 1 N–H and O–H groups in total. The van der Waals surface area contributed by atoms with Crippen molar-refractivity contribution in [3.05, 3.63) is 11.6 Å². The minimum Gasteiger partial charge on any atom is -0.346 e. The van der Waals surface area contributed by atoms with Crippen molar-refractivity contribution in [3.8, 4) is 0 Å². The van der Waals surface area contributed by atoms with E-state index in [0.29, 0.717) is 0 Å². The van der Waals surface area contributed by atoms with Gasteiger partial charge in [0.15, 0.2) is 5.82 Å². The van der Waals surface area contributed by atoms with Crippen LogP contribution in [0.25, 0.3) is 0 Å². The molecule has 2 heterocycles. The van der Waals surface area contributed by atoms with Crippen LogP contribution in [-0.4, -0.2) is 20.7 Å². The molecule has 1 aromatic heterocycles. The summed E-state index contributed by atoms with van der Waals surface area (Å²) in [6.45, 7) is 2.99. The third-order valence-electron chi connectivity index (χ3n) is 4.11. The maximum atomic E-state index is 12.1. The Morgan fingerprint density at radius 2 is 2.11 bits per heavy atom. The molecule has 0 radical (unpaired) electrons. The van der Waals surface area contributed by atoms with Gasteiger partial charge in [-0.25, -0.2) is 0 Å². The van der Waals surface area contributed by atoms with Gasteiger partial charge in [0.2, 0.25) is 5.91 Å². The molecule has 1 saturated carbocycles. The van der Waals surface area contributed by atoms with E-state index in [2.05, 4.69) is 20.1 Å². The van der Waals surface area contributed by atoms with Crippen LogP contribution in [0.15, 0.2) is 0 Å². The largest absolute Gasteiger partial charge is 0.346 e. The van der Waals surface area contributed by atoms with Crippen LogP contribution in [-0.2, 0) is 17.8 Å². The van der Waals surface area contributed by atoms with E-state index in [-0.39, 0.29) is 17.9 Å². The van der Waals surface area contributed by atoms with Gasteiger partial charge in [-0.2, -0.15) is 0 Å². The monoisotopic (exact) mass is 248 g/mol. The van der Waals surface area contributed by atoms with E-state index in [1.54, 1.807) is 0 Å². The van der Waals surface area contributed by atoms with Crippen LogP contribution in [0.3, 0.4) is 0 Å². The summed E-state index contributed by atoms with van der Waals surface area (Å²) < 4.78 is 2.15. The lowest BCUT2D eigenvalue weighted by atomic mass is 10.1. The van der Waals surface area contributed by atoms with Crippen molar-refractivity contribution in [3.63, 3.8) is 0 Å². The Morgan fingerprint density at radius 3 is 2.89 bits per heavy atom. The molecule has 0 spiro atoms. The second-order valence-corrected chi connectivity index (χ2v) is 5.44. The van der Waals surface area contributed by atoms with Crippen molar-refractivity contribution in [1.82, 2.24) is 20.1 Å². The van der Waals surface area contributed by atoms with E-state index >= 15 is 0 Å².